The first-order valence-electron chi connectivity index (χ1n) is 10.7. The topological polar surface area (TPSA) is 3.24 Å². The van der Waals surface area contributed by atoms with Crippen LogP contribution in [0, 0.1) is 0 Å². The fraction of sp³-hybridized carbons (Fsp3) is 0.111. The highest BCUT2D eigenvalue weighted by atomic mass is 35.5. The molecule has 0 radical (unpaired) electrons. The molecule has 0 amide bonds. The van der Waals surface area contributed by atoms with E-state index in [-0.39, 0.29) is 12.1 Å². The van der Waals surface area contributed by atoms with Crippen LogP contribution in [0.25, 0.3) is 0 Å². The van der Waals surface area contributed by atoms with Gasteiger partial charge in [0.15, 0.2) is 0 Å². The first-order chi connectivity index (χ1) is 15.4. The quantitative estimate of drug-likeness (QED) is 0.248. The van der Waals surface area contributed by atoms with E-state index in [4.69, 9.17) is 34.8 Å². The van der Waals surface area contributed by atoms with Crippen molar-refractivity contribution in [1.29, 1.82) is 0 Å². The third-order valence-electron chi connectivity index (χ3n) is 6.90. The number of benzene rings is 4. The van der Waals surface area contributed by atoms with Gasteiger partial charge in [-0.3, -0.25) is 0 Å². The van der Waals surface area contributed by atoms with Crippen LogP contribution >= 0.6 is 34.8 Å². The molecule has 0 unspecified atom stereocenters. The van der Waals surface area contributed by atoms with Gasteiger partial charge in [0.05, 0.1) is 0 Å². The van der Waals surface area contributed by atoms with Crippen molar-refractivity contribution < 1.29 is 0 Å². The van der Waals surface area contributed by atoms with Crippen LogP contribution < -0.4 is 21.3 Å². The molecule has 2 heterocycles. The summed E-state index contributed by atoms with van der Waals surface area (Å²) in [5, 5.41) is 2.25. The standard InChI is InChI=1S/C27H19BCl3N/c1-27(2)19-5-3-4-6-20(19)28-21-15-17(30)9-13-23(21)32(18-10-7-16(29)8-11-18)24-14-12-22(31)25(27)26(24)28/h3-15H,1-2H3. The van der Waals surface area contributed by atoms with E-state index in [1.54, 1.807) is 0 Å². The van der Waals surface area contributed by atoms with E-state index in [1.165, 1.54) is 27.5 Å². The zero-order chi connectivity index (χ0) is 22.2. The molecule has 0 bridgehead atoms. The van der Waals surface area contributed by atoms with E-state index in [1.807, 2.05) is 24.3 Å². The molecule has 32 heavy (non-hydrogen) atoms. The summed E-state index contributed by atoms with van der Waals surface area (Å²) in [5.41, 5.74) is 9.35. The number of nitrogens with zero attached hydrogens (tertiary/aromatic N) is 1. The smallest absolute Gasteiger partial charge is 0.247 e. The molecule has 5 heteroatoms. The highest BCUT2D eigenvalue weighted by Crippen LogP contribution is 2.44. The normalized spacial score (nSPS) is 15.2. The second kappa shape index (κ2) is 7.06. The Kier molecular flexibility index (Phi) is 4.46. The minimum atomic E-state index is -0.225. The monoisotopic (exact) mass is 473 g/mol. The molecule has 4 aromatic carbocycles. The Balaban J connectivity index is 1.76. The van der Waals surface area contributed by atoms with Crippen LogP contribution in [-0.2, 0) is 5.41 Å². The molecule has 156 valence electrons. The van der Waals surface area contributed by atoms with Crippen LogP contribution in [0.3, 0.4) is 0 Å². The highest BCUT2D eigenvalue weighted by Gasteiger charge is 2.46. The summed E-state index contributed by atoms with van der Waals surface area (Å²) in [7, 11) is 0. The number of halogens is 3. The maximum Gasteiger partial charge on any atom is 0.247 e. The Bertz CT molecular complexity index is 1390. The van der Waals surface area contributed by atoms with E-state index < -0.39 is 0 Å². The van der Waals surface area contributed by atoms with Crippen LogP contribution in [0.5, 0.6) is 0 Å². The lowest BCUT2D eigenvalue weighted by Gasteiger charge is -2.45. The molecule has 2 aliphatic rings. The lowest BCUT2D eigenvalue weighted by Crippen LogP contribution is -2.64. The summed E-state index contributed by atoms with van der Waals surface area (Å²) >= 11 is 19.7. The van der Waals surface area contributed by atoms with Gasteiger partial charge in [-0.2, -0.15) is 0 Å². The molecule has 0 spiro atoms. The van der Waals surface area contributed by atoms with Gasteiger partial charge >= 0.3 is 0 Å². The van der Waals surface area contributed by atoms with Gasteiger partial charge in [0, 0.05) is 37.5 Å². The SMILES string of the molecule is CC1(C)c2ccccc2B2c3cc(Cl)ccc3N(c3ccc(Cl)cc3)c3ccc(Cl)c1c32. The second-order valence-corrected chi connectivity index (χ2v) is 10.3. The van der Waals surface area contributed by atoms with E-state index in [2.05, 4.69) is 73.3 Å². The van der Waals surface area contributed by atoms with Crippen LogP contribution in [-0.4, -0.2) is 6.71 Å². The Hall–Kier alpha value is -2.39. The van der Waals surface area contributed by atoms with Crippen LogP contribution in [0.4, 0.5) is 17.1 Å². The highest BCUT2D eigenvalue weighted by molar-refractivity contribution is 6.99. The average molecular weight is 475 g/mol. The maximum absolute atomic E-state index is 6.92. The predicted octanol–water partition coefficient (Wildman–Crippen LogP) is 6.59. The first-order valence-corrected chi connectivity index (χ1v) is 11.8. The fourth-order valence-corrected chi connectivity index (χ4v) is 6.30. The molecular weight excluding hydrogens is 455 g/mol. The number of hydrogen-bond donors (Lipinski definition) is 0. The van der Waals surface area contributed by atoms with Gasteiger partial charge in [-0.25, -0.2) is 0 Å². The number of hydrogen-bond acceptors (Lipinski definition) is 1. The minimum Gasteiger partial charge on any atom is -0.312 e. The summed E-state index contributed by atoms with van der Waals surface area (Å²) in [4.78, 5) is 2.30. The molecule has 0 saturated heterocycles. The molecule has 2 aliphatic heterocycles. The van der Waals surface area contributed by atoms with Crippen LogP contribution in [0.15, 0.2) is 78.9 Å². The van der Waals surface area contributed by atoms with Gasteiger partial charge in [0.25, 0.3) is 0 Å². The lowest BCUT2D eigenvalue weighted by molar-refractivity contribution is 0.646. The summed E-state index contributed by atoms with van der Waals surface area (Å²) in [6.07, 6.45) is 0. The first kappa shape index (κ1) is 20.2. The summed E-state index contributed by atoms with van der Waals surface area (Å²) in [6.45, 7) is 4.60. The van der Waals surface area contributed by atoms with Crippen molar-refractivity contribution in [2.75, 3.05) is 4.90 Å². The molecule has 1 nitrogen and oxygen atoms in total. The van der Waals surface area contributed by atoms with Crippen molar-refractivity contribution in [2.24, 2.45) is 0 Å². The van der Waals surface area contributed by atoms with Gasteiger partial charge in [0.1, 0.15) is 0 Å². The van der Waals surface area contributed by atoms with Crippen molar-refractivity contribution in [3.8, 4) is 0 Å². The zero-order valence-electron chi connectivity index (χ0n) is 17.7. The average Bonchev–Trinajstić information content (AvgIpc) is 2.77. The Morgan fingerprint density at radius 2 is 1.41 bits per heavy atom. The Labute approximate surface area is 203 Å². The molecule has 0 fully saturated rings. The van der Waals surface area contributed by atoms with Crippen LogP contribution in [0.2, 0.25) is 15.1 Å². The third-order valence-corrected chi connectivity index (χ3v) is 7.70. The van der Waals surface area contributed by atoms with E-state index in [9.17, 15) is 0 Å². The van der Waals surface area contributed by atoms with Crippen molar-refractivity contribution in [3.05, 3.63) is 105 Å². The van der Waals surface area contributed by atoms with Gasteiger partial charge in [-0.1, -0.05) is 78.4 Å². The van der Waals surface area contributed by atoms with Crippen molar-refractivity contribution in [1.82, 2.24) is 0 Å². The van der Waals surface area contributed by atoms with Crippen molar-refractivity contribution in [2.45, 2.75) is 19.3 Å². The Morgan fingerprint density at radius 1 is 0.719 bits per heavy atom. The molecule has 0 aromatic heterocycles. The van der Waals surface area contributed by atoms with Gasteiger partial charge in [-0.15, -0.1) is 0 Å². The number of fused-ring (bicyclic) bond motifs is 4. The molecule has 6 rings (SSSR count). The molecule has 0 saturated carbocycles. The Morgan fingerprint density at radius 3 is 2.19 bits per heavy atom. The zero-order valence-corrected chi connectivity index (χ0v) is 19.9. The summed E-state index contributed by atoms with van der Waals surface area (Å²) in [6, 6.07) is 27.1. The van der Waals surface area contributed by atoms with Crippen molar-refractivity contribution in [3.63, 3.8) is 0 Å². The summed E-state index contributed by atoms with van der Waals surface area (Å²) < 4.78 is 0. The van der Waals surface area contributed by atoms with Gasteiger partial charge in [-0.05, 0) is 76.6 Å². The predicted molar refractivity (Wildman–Crippen MR) is 139 cm³/mol. The molecule has 0 N–H and O–H groups in total. The molecule has 0 atom stereocenters. The van der Waals surface area contributed by atoms with Gasteiger partial charge in [0.2, 0.25) is 6.71 Å². The number of rotatable bonds is 1. The van der Waals surface area contributed by atoms with E-state index in [0.717, 1.165) is 27.1 Å². The molecular formula is C27H19BCl3N. The second-order valence-electron chi connectivity index (χ2n) is 9.02. The van der Waals surface area contributed by atoms with E-state index >= 15 is 0 Å². The lowest BCUT2D eigenvalue weighted by atomic mass is 9.30. The van der Waals surface area contributed by atoms with Crippen molar-refractivity contribution >= 4 is 75.0 Å². The summed E-state index contributed by atoms with van der Waals surface area (Å²) in [5.74, 6) is 0. The number of anilines is 3. The van der Waals surface area contributed by atoms with Gasteiger partial charge < -0.3 is 4.90 Å². The third kappa shape index (κ3) is 2.73. The van der Waals surface area contributed by atoms with E-state index in [0.29, 0.717) is 5.02 Å². The minimum absolute atomic E-state index is 0.0696. The molecule has 4 aromatic rings. The van der Waals surface area contributed by atoms with Crippen LogP contribution in [0.1, 0.15) is 25.0 Å². The fourth-order valence-electron chi connectivity index (χ4n) is 5.59. The molecule has 0 aliphatic carbocycles. The largest absolute Gasteiger partial charge is 0.312 e. The maximum atomic E-state index is 6.92.